The van der Waals surface area contributed by atoms with Gasteiger partial charge >= 0.3 is 0 Å². The van der Waals surface area contributed by atoms with E-state index in [-0.39, 0.29) is 43.0 Å². The normalized spacial score (nSPS) is 10.7. The first-order valence-corrected chi connectivity index (χ1v) is 9.31. The maximum Gasteiger partial charge on any atom is 0.247 e. The fourth-order valence-electron chi connectivity index (χ4n) is 2.47. The number of rotatable bonds is 15. The standard InChI is InChI=1S/C19H38N2O.2ClH.H3N/c1-5-7-8-9-10-11-12-13-14-15-16-20-18(6-2)21-19(22)17(3)4;;;/h18,20H,3,5-16H2,1-2,4H3,(H,21,22);2*1H;1H3. The Bertz CT molecular complexity index is 302. The molecule has 0 bridgehead atoms. The zero-order chi connectivity index (χ0) is 16.6. The van der Waals surface area contributed by atoms with Gasteiger partial charge in [0.25, 0.3) is 0 Å². The Morgan fingerprint density at radius 3 is 1.72 bits per heavy atom. The van der Waals surface area contributed by atoms with Crippen LogP contribution in [0.25, 0.3) is 0 Å². The van der Waals surface area contributed by atoms with E-state index in [1.54, 1.807) is 6.92 Å². The zero-order valence-corrected chi connectivity index (χ0v) is 18.3. The monoisotopic (exact) mass is 399 g/mol. The Labute approximate surface area is 168 Å². The third kappa shape index (κ3) is 21.7. The molecule has 0 aliphatic carbocycles. The number of carbonyl (C=O) groups excluding carboxylic acids is 1. The van der Waals surface area contributed by atoms with Crippen LogP contribution in [0.1, 0.15) is 91.4 Å². The maximum atomic E-state index is 11.6. The third-order valence-electron chi connectivity index (χ3n) is 4.02. The number of halogens is 2. The lowest BCUT2D eigenvalue weighted by Crippen LogP contribution is -2.45. The van der Waals surface area contributed by atoms with Gasteiger partial charge in [-0.15, -0.1) is 24.8 Å². The summed E-state index contributed by atoms with van der Waals surface area (Å²) in [5, 5.41) is 6.36. The molecule has 0 heterocycles. The van der Waals surface area contributed by atoms with Gasteiger partial charge in [0.1, 0.15) is 0 Å². The van der Waals surface area contributed by atoms with Crippen molar-refractivity contribution in [2.24, 2.45) is 0 Å². The molecule has 5 N–H and O–H groups in total. The Morgan fingerprint density at radius 2 is 1.32 bits per heavy atom. The lowest BCUT2D eigenvalue weighted by molar-refractivity contribution is -0.118. The van der Waals surface area contributed by atoms with Crippen molar-refractivity contribution in [3.05, 3.63) is 12.2 Å². The molecular weight excluding hydrogens is 357 g/mol. The highest BCUT2D eigenvalue weighted by atomic mass is 35.5. The molecule has 0 spiro atoms. The zero-order valence-electron chi connectivity index (χ0n) is 16.7. The number of hydrogen-bond acceptors (Lipinski definition) is 3. The molecule has 0 fully saturated rings. The van der Waals surface area contributed by atoms with Crippen molar-refractivity contribution in [2.75, 3.05) is 6.54 Å². The van der Waals surface area contributed by atoms with Gasteiger partial charge in [-0.05, 0) is 26.3 Å². The van der Waals surface area contributed by atoms with Gasteiger partial charge < -0.3 is 11.5 Å². The first-order valence-electron chi connectivity index (χ1n) is 9.31. The van der Waals surface area contributed by atoms with E-state index >= 15 is 0 Å². The van der Waals surface area contributed by atoms with Gasteiger partial charge in [-0.2, -0.15) is 0 Å². The van der Waals surface area contributed by atoms with E-state index in [1.807, 2.05) is 0 Å². The molecule has 1 amide bonds. The summed E-state index contributed by atoms with van der Waals surface area (Å²) >= 11 is 0. The van der Waals surface area contributed by atoms with Gasteiger partial charge in [-0.25, -0.2) is 0 Å². The summed E-state index contributed by atoms with van der Waals surface area (Å²) in [6, 6.07) is 0. The van der Waals surface area contributed by atoms with E-state index in [2.05, 4.69) is 31.1 Å². The van der Waals surface area contributed by atoms with Crippen molar-refractivity contribution in [2.45, 2.75) is 97.6 Å². The number of carbonyl (C=O) groups is 1. The summed E-state index contributed by atoms with van der Waals surface area (Å²) in [7, 11) is 0. The smallest absolute Gasteiger partial charge is 0.247 e. The second-order valence-corrected chi connectivity index (χ2v) is 6.35. The molecule has 0 aromatic rings. The number of hydrogen-bond donors (Lipinski definition) is 3. The minimum Gasteiger partial charge on any atom is -0.344 e. The molecule has 0 aromatic heterocycles. The first-order chi connectivity index (χ1) is 10.6. The van der Waals surface area contributed by atoms with E-state index in [0.29, 0.717) is 5.57 Å². The van der Waals surface area contributed by atoms with Gasteiger partial charge in [-0.1, -0.05) is 78.2 Å². The molecule has 0 aliphatic rings. The average Bonchev–Trinajstić information content (AvgIpc) is 2.51. The third-order valence-corrected chi connectivity index (χ3v) is 4.02. The minimum atomic E-state index is -0.0533. The predicted octanol–water partition coefficient (Wildman–Crippen LogP) is 5.93. The second kappa shape index (κ2) is 23.7. The first kappa shape index (κ1) is 32.4. The highest BCUT2D eigenvalue weighted by Gasteiger charge is 2.09. The van der Waals surface area contributed by atoms with Gasteiger partial charge in [0.15, 0.2) is 0 Å². The van der Waals surface area contributed by atoms with E-state index < -0.39 is 0 Å². The molecular formula is C19H43Cl2N3O. The summed E-state index contributed by atoms with van der Waals surface area (Å²) in [5.41, 5.74) is 0.569. The molecule has 0 saturated heterocycles. The number of amides is 1. The second-order valence-electron chi connectivity index (χ2n) is 6.35. The molecule has 1 unspecified atom stereocenters. The average molecular weight is 400 g/mol. The van der Waals surface area contributed by atoms with Gasteiger partial charge in [0.05, 0.1) is 6.17 Å². The van der Waals surface area contributed by atoms with Crippen molar-refractivity contribution >= 4 is 30.7 Å². The van der Waals surface area contributed by atoms with Crippen LogP contribution in [0.5, 0.6) is 0 Å². The van der Waals surface area contributed by atoms with Crippen LogP contribution in [0.2, 0.25) is 0 Å². The summed E-state index contributed by atoms with van der Waals surface area (Å²) in [6.45, 7) is 10.7. The van der Waals surface area contributed by atoms with Crippen molar-refractivity contribution in [1.82, 2.24) is 16.8 Å². The van der Waals surface area contributed by atoms with Crippen molar-refractivity contribution in [3.8, 4) is 0 Å². The van der Waals surface area contributed by atoms with E-state index in [4.69, 9.17) is 0 Å². The summed E-state index contributed by atoms with van der Waals surface area (Å²) in [6.07, 6.45) is 14.5. The molecule has 0 rings (SSSR count). The van der Waals surface area contributed by atoms with Crippen LogP contribution in [-0.4, -0.2) is 18.6 Å². The maximum absolute atomic E-state index is 11.6. The molecule has 154 valence electrons. The molecule has 0 aliphatic heterocycles. The summed E-state index contributed by atoms with van der Waals surface area (Å²) in [5.74, 6) is -0.0533. The fourth-order valence-corrected chi connectivity index (χ4v) is 2.47. The van der Waals surface area contributed by atoms with Crippen LogP contribution in [0.3, 0.4) is 0 Å². The van der Waals surface area contributed by atoms with Gasteiger partial charge in [0.2, 0.25) is 5.91 Å². The van der Waals surface area contributed by atoms with Crippen molar-refractivity contribution in [1.29, 1.82) is 0 Å². The van der Waals surface area contributed by atoms with Crippen LogP contribution in [0.15, 0.2) is 12.2 Å². The summed E-state index contributed by atoms with van der Waals surface area (Å²) < 4.78 is 0. The molecule has 25 heavy (non-hydrogen) atoms. The van der Waals surface area contributed by atoms with Crippen LogP contribution in [0.4, 0.5) is 0 Å². The van der Waals surface area contributed by atoms with Crippen LogP contribution >= 0.6 is 24.8 Å². The van der Waals surface area contributed by atoms with E-state index in [0.717, 1.165) is 13.0 Å². The van der Waals surface area contributed by atoms with Gasteiger partial charge in [-0.3, -0.25) is 10.1 Å². The van der Waals surface area contributed by atoms with Crippen LogP contribution in [-0.2, 0) is 4.79 Å². The molecule has 1 atom stereocenters. The quantitative estimate of drug-likeness (QED) is 0.181. The highest BCUT2D eigenvalue weighted by molar-refractivity contribution is 5.92. The topological polar surface area (TPSA) is 76.1 Å². The largest absolute Gasteiger partial charge is 0.344 e. The molecule has 6 heteroatoms. The summed E-state index contributed by atoms with van der Waals surface area (Å²) in [4.78, 5) is 11.6. The number of nitrogens with one attached hydrogen (secondary N) is 2. The Hall–Kier alpha value is -0.290. The molecule has 0 saturated carbocycles. The van der Waals surface area contributed by atoms with Crippen molar-refractivity contribution < 1.29 is 4.79 Å². The Balaban J connectivity index is -0.000000735. The Morgan fingerprint density at radius 1 is 0.880 bits per heavy atom. The lowest BCUT2D eigenvalue weighted by atomic mass is 10.1. The Kier molecular flexibility index (Phi) is 30.7. The predicted molar refractivity (Wildman–Crippen MR) is 116 cm³/mol. The lowest BCUT2D eigenvalue weighted by Gasteiger charge is -2.18. The molecule has 0 radical (unpaired) electrons. The molecule has 0 aromatic carbocycles. The minimum absolute atomic E-state index is 0. The highest BCUT2D eigenvalue weighted by Crippen LogP contribution is 2.10. The number of unbranched alkanes of at least 4 members (excludes halogenated alkanes) is 9. The SMILES string of the molecule is C=C(C)C(=O)NC(CC)NCCCCCCCCCCCC.Cl.Cl.N. The van der Waals surface area contributed by atoms with Crippen LogP contribution < -0.4 is 16.8 Å². The van der Waals surface area contributed by atoms with Crippen LogP contribution in [0, 0.1) is 0 Å². The fraction of sp³-hybridized carbons (Fsp3) is 0.842. The van der Waals surface area contributed by atoms with Crippen molar-refractivity contribution in [3.63, 3.8) is 0 Å². The molecule has 4 nitrogen and oxygen atoms in total. The van der Waals surface area contributed by atoms with E-state index in [9.17, 15) is 4.79 Å². The van der Waals surface area contributed by atoms with E-state index in [1.165, 1.54) is 64.2 Å². The van der Waals surface area contributed by atoms with Gasteiger partial charge in [0, 0.05) is 5.57 Å².